The van der Waals surface area contributed by atoms with Crippen LogP contribution >= 0.6 is 0 Å². The summed E-state index contributed by atoms with van der Waals surface area (Å²) >= 11 is 0. The lowest BCUT2D eigenvalue weighted by Crippen LogP contribution is -2.33. The first-order chi connectivity index (χ1) is 13.7. The van der Waals surface area contributed by atoms with Gasteiger partial charge in [0.05, 0.1) is 16.9 Å². The molecule has 29 heavy (non-hydrogen) atoms. The molecule has 2 aromatic carbocycles. The third-order valence-electron chi connectivity index (χ3n) is 4.84. The van der Waals surface area contributed by atoms with Crippen LogP contribution in [0.4, 0.5) is 5.69 Å². The Kier molecular flexibility index (Phi) is 4.49. The van der Waals surface area contributed by atoms with E-state index in [1.165, 1.54) is 24.3 Å². The van der Waals surface area contributed by atoms with Crippen molar-refractivity contribution in [3.63, 3.8) is 0 Å². The molecule has 0 spiro atoms. The molecule has 2 aliphatic heterocycles. The van der Waals surface area contributed by atoms with Crippen LogP contribution in [-0.4, -0.2) is 32.8 Å². The maximum absolute atomic E-state index is 12.5. The van der Waals surface area contributed by atoms with Crippen molar-refractivity contribution in [2.24, 2.45) is 5.41 Å². The van der Waals surface area contributed by atoms with E-state index in [2.05, 4.69) is 5.32 Å². The molecule has 1 N–H and O–H groups in total. The van der Waals surface area contributed by atoms with Gasteiger partial charge in [0, 0.05) is 12.1 Å². The van der Waals surface area contributed by atoms with Crippen molar-refractivity contribution in [2.75, 3.05) is 16.9 Å². The lowest BCUT2D eigenvalue weighted by atomic mass is 9.95. The fourth-order valence-electron chi connectivity index (χ4n) is 3.34. The van der Waals surface area contributed by atoms with Gasteiger partial charge in [-0.05, 0) is 55.8 Å². The third-order valence-corrected chi connectivity index (χ3v) is 6.86. The molecule has 2 aromatic rings. The van der Waals surface area contributed by atoms with Crippen molar-refractivity contribution < 1.29 is 27.5 Å². The molecule has 0 aliphatic carbocycles. The highest BCUT2D eigenvalue weighted by molar-refractivity contribution is 7.94. The SMILES string of the molecule is CC1(C)CS(=O)(=O)N(c2ccc(C(=O)NCc3ccc4c(c3)OCO4)cc2)C1=O. The van der Waals surface area contributed by atoms with Gasteiger partial charge < -0.3 is 14.8 Å². The molecule has 0 atom stereocenters. The largest absolute Gasteiger partial charge is 0.454 e. The molecule has 1 fully saturated rings. The fraction of sp³-hybridized carbons (Fsp3) is 0.300. The third kappa shape index (κ3) is 3.53. The van der Waals surface area contributed by atoms with E-state index >= 15 is 0 Å². The van der Waals surface area contributed by atoms with Gasteiger partial charge in [0.1, 0.15) is 0 Å². The second kappa shape index (κ2) is 6.77. The molecule has 0 saturated carbocycles. The molecule has 152 valence electrons. The molecule has 2 amide bonds. The van der Waals surface area contributed by atoms with Crippen molar-refractivity contribution in [1.29, 1.82) is 0 Å². The van der Waals surface area contributed by atoms with Gasteiger partial charge in [-0.2, -0.15) is 0 Å². The number of ether oxygens (including phenoxy) is 2. The van der Waals surface area contributed by atoms with Crippen molar-refractivity contribution in [1.82, 2.24) is 5.32 Å². The average molecular weight is 416 g/mol. The maximum atomic E-state index is 12.5. The van der Waals surface area contributed by atoms with Crippen LogP contribution in [0.25, 0.3) is 0 Å². The number of nitrogens with zero attached hydrogens (tertiary/aromatic N) is 1. The lowest BCUT2D eigenvalue weighted by Gasteiger charge is -2.17. The van der Waals surface area contributed by atoms with Crippen molar-refractivity contribution >= 4 is 27.5 Å². The zero-order valence-corrected chi connectivity index (χ0v) is 16.8. The van der Waals surface area contributed by atoms with Crippen LogP contribution in [-0.2, 0) is 21.4 Å². The van der Waals surface area contributed by atoms with Gasteiger partial charge in [0.25, 0.3) is 5.91 Å². The van der Waals surface area contributed by atoms with Gasteiger partial charge in [-0.25, -0.2) is 12.7 Å². The second-order valence-electron chi connectivity index (χ2n) is 7.63. The predicted molar refractivity (Wildman–Crippen MR) is 105 cm³/mol. The first-order valence-corrected chi connectivity index (χ1v) is 10.6. The predicted octanol–water partition coefficient (Wildman–Crippen LogP) is 2.05. The summed E-state index contributed by atoms with van der Waals surface area (Å²) in [6.07, 6.45) is 0. The number of rotatable bonds is 4. The highest BCUT2D eigenvalue weighted by atomic mass is 32.2. The van der Waals surface area contributed by atoms with Gasteiger partial charge in [0.15, 0.2) is 11.5 Å². The number of amides is 2. The highest BCUT2D eigenvalue weighted by Crippen LogP contribution is 2.36. The summed E-state index contributed by atoms with van der Waals surface area (Å²) in [7, 11) is -3.72. The summed E-state index contributed by atoms with van der Waals surface area (Å²) in [6, 6.07) is 11.4. The van der Waals surface area contributed by atoms with Crippen molar-refractivity contribution in [2.45, 2.75) is 20.4 Å². The first-order valence-electron chi connectivity index (χ1n) is 9.02. The Morgan fingerprint density at radius 1 is 1.10 bits per heavy atom. The topological polar surface area (TPSA) is 102 Å². The molecule has 0 unspecified atom stereocenters. The van der Waals surface area contributed by atoms with Crippen LogP contribution in [0.3, 0.4) is 0 Å². The molecule has 9 heteroatoms. The van der Waals surface area contributed by atoms with E-state index in [1.807, 2.05) is 6.07 Å². The maximum Gasteiger partial charge on any atom is 0.251 e. The molecular weight excluding hydrogens is 396 g/mol. The van der Waals surface area contributed by atoms with E-state index in [4.69, 9.17) is 9.47 Å². The number of sulfonamides is 1. The zero-order valence-electron chi connectivity index (χ0n) is 16.0. The molecule has 8 nitrogen and oxygen atoms in total. The minimum Gasteiger partial charge on any atom is -0.454 e. The summed E-state index contributed by atoms with van der Waals surface area (Å²) in [6.45, 7) is 3.68. The summed E-state index contributed by atoms with van der Waals surface area (Å²) in [5.41, 5.74) is 0.473. The zero-order chi connectivity index (χ0) is 20.8. The number of nitrogens with one attached hydrogen (secondary N) is 1. The minimum atomic E-state index is -3.72. The number of benzene rings is 2. The average Bonchev–Trinajstić information content (AvgIpc) is 3.19. The van der Waals surface area contributed by atoms with Crippen LogP contribution in [0.1, 0.15) is 29.8 Å². The Morgan fingerprint density at radius 2 is 1.79 bits per heavy atom. The molecule has 2 heterocycles. The minimum absolute atomic E-state index is 0.184. The van der Waals surface area contributed by atoms with Crippen molar-refractivity contribution in [3.05, 3.63) is 53.6 Å². The van der Waals surface area contributed by atoms with Crippen LogP contribution in [0, 0.1) is 5.41 Å². The van der Waals surface area contributed by atoms with Gasteiger partial charge in [-0.1, -0.05) is 6.07 Å². The standard InChI is InChI=1S/C20H20N2O6S/c1-20(2)11-29(25,26)22(19(20)24)15-6-4-14(5-7-15)18(23)21-10-13-3-8-16-17(9-13)28-12-27-16/h3-9H,10-12H2,1-2H3,(H,21,23). The van der Waals surface area contributed by atoms with E-state index in [1.54, 1.807) is 26.0 Å². The van der Waals surface area contributed by atoms with E-state index in [0.29, 0.717) is 23.6 Å². The Hall–Kier alpha value is -3.07. The number of hydrogen-bond acceptors (Lipinski definition) is 6. The number of carbonyl (C=O) groups excluding carboxylic acids is 2. The monoisotopic (exact) mass is 416 g/mol. The van der Waals surface area contributed by atoms with Crippen LogP contribution in [0.2, 0.25) is 0 Å². The quantitative estimate of drug-likeness (QED) is 0.819. The molecule has 4 rings (SSSR count). The molecule has 0 bridgehead atoms. The molecule has 0 aromatic heterocycles. The van der Waals surface area contributed by atoms with Gasteiger partial charge >= 0.3 is 0 Å². The highest BCUT2D eigenvalue weighted by Gasteiger charge is 2.49. The van der Waals surface area contributed by atoms with Gasteiger partial charge in [-0.15, -0.1) is 0 Å². The fourth-order valence-corrected chi connectivity index (χ4v) is 5.45. The van der Waals surface area contributed by atoms with Gasteiger partial charge in [0.2, 0.25) is 22.7 Å². The lowest BCUT2D eigenvalue weighted by molar-refractivity contribution is -0.123. The molecule has 2 aliphatic rings. The molecule has 0 radical (unpaired) electrons. The van der Waals surface area contributed by atoms with Gasteiger partial charge in [-0.3, -0.25) is 9.59 Å². The van der Waals surface area contributed by atoms with Crippen LogP contribution in [0.15, 0.2) is 42.5 Å². The van der Waals surface area contributed by atoms with Crippen LogP contribution in [0.5, 0.6) is 11.5 Å². The Morgan fingerprint density at radius 3 is 2.45 bits per heavy atom. The Labute approximate surface area is 168 Å². The van der Waals surface area contributed by atoms with E-state index in [9.17, 15) is 18.0 Å². The molecule has 1 saturated heterocycles. The molecular formula is C20H20N2O6S. The number of anilines is 1. The summed E-state index contributed by atoms with van der Waals surface area (Å²) in [5.74, 6) is 0.282. The number of hydrogen-bond donors (Lipinski definition) is 1. The van der Waals surface area contributed by atoms with E-state index < -0.39 is 21.3 Å². The van der Waals surface area contributed by atoms with E-state index in [0.717, 1.165) is 9.87 Å². The summed E-state index contributed by atoms with van der Waals surface area (Å²) in [5, 5.41) is 2.80. The smallest absolute Gasteiger partial charge is 0.251 e. The van der Waals surface area contributed by atoms with E-state index in [-0.39, 0.29) is 24.1 Å². The first kappa shape index (κ1) is 19.3. The summed E-state index contributed by atoms with van der Waals surface area (Å²) in [4.78, 5) is 24.9. The Bertz CT molecular complexity index is 1090. The van der Waals surface area contributed by atoms with Crippen LogP contribution < -0.4 is 19.1 Å². The second-order valence-corrected chi connectivity index (χ2v) is 9.44. The Balaban J connectivity index is 1.45. The normalized spacial score (nSPS) is 18.7. The number of carbonyl (C=O) groups is 2. The summed E-state index contributed by atoms with van der Waals surface area (Å²) < 4.78 is 36.1. The number of fused-ring (bicyclic) bond motifs is 1. The van der Waals surface area contributed by atoms with Crippen molar-refractivity contribution in [3.8, 4) is 11.5 Å².